The standard InChI is InChI=1S/C10H14N2O2/c1-3-11-10(14)12(2)8-5-4-6-9(13)7-8/h4-7,13H,3H2,1-2H3,(H,11,14). The van der Waals surface area contributed by atoms with Gasteiger partial charge in [-0.05, 0) is 19.1 Å². The van der Waals surface area contributed by atoms with Crippen LogP contribution in [0.3, 0.4) is 0 Å². The van der Waals surface area contributed by atoms with Gasteiger partial charge in [0.25, 0.3) is 0 Å². The molecule has 0 saturated carbocycles. The predicted octanol–water partition coefficient (Wildman–Crippen LogP) is 1.56. The number of hydrogen-bond donors (Lipinski definition) is 2. The molecule has 0 bridgehead atoms. The lowest BCUT2D eigenvalue weighted by molar-refractivity contribution is 0.248. The van der Waals surface area contributed by atoms with Crippen LogP contribution >= 0.6 is 0 Å². The Morgan fingerprint density at radius 2 is 2.29 bits per heavy atom. The van der Waals surface area contributed by atoms with Gasteiger partial charge in [-0.1, -0.05) is 6.07 Å². The first-order valence-corrected chi connectivity index (χ1v) is 4.45. The number of phenolic OH excluding ortho intramolecular Hbond substituents is 1. The molecule has 0 atom stereocenters. The minimum absolute atomic E-state index is 0.152. The second-order valence-electron chi connectivity index (χ2n) is 2.91. The fraction of sp³-hybridized carbons (Fsp3) is 0.300. The van der Waals surface area contributed by atoms with Crippen LogP contribution in [0.25, 0.3) is 0 Å². The molecule has 0 aliphatic heterocycles. The number of carbonyl (C=O) groups is 1. The maximum Gasteiger partial charge on any atom is 0.321 e. The molecule has 0 aliphatic carbocycles. The van der Waals surface area contributed by atoms with Crippen LogP contribution in [0.5, 0.6) is 5.75 Å². The van der Waals surface area contributed by atoms with Gasteiger partial charge >= 0.3 is 6.03 Å². The zero-order valence-electron chi connectivity index (χ0n) is 8.32. The molecular weight excluding hydrogens is 180 g/mol. The second-order valence-corrected chi connectivity index (χ2v) is 2.91. The van der Waals surface area contributed by atoms with Gasteiger partial charge in [-0.2, -0.15) is 0 Å². The van der Waals surface area contributed by atoms with Crippen molar-refractivity contribution in [2.24, 2.45) is 0 Å². The summed E-state index contributed by atoms with van der Waals surface area (Å²) in [7, 11) is 1.65. The van der Waals surface area contributed by atoms with Crippen molar-refractivity contribution in [1.29, 1.82) is 0 Å². The maximum absolute atomic E-state index is 11.4. The molecule has 0 radical (unpaired) electrons. The molecule has 14 heavy (non-hydrogen) atoms. The Balaban J connectivity index is 2.78. The Kier molecular flexibility index (Phi) is 3.34. The molecule has 0 heterocycles. The molecule has 1 aromatic rings. The summed E-state index contributed by atoms with van der Waals surface area (Å²) in [5.41, 5.74) is 0.663. The predicted molar refractivity (Wildman–Crippen MR) is 55.6 cm³/mol. The van der Waals surface area contributed by atoms with E-state index in [4.69, 9.17) is 0 Å². The van der Waals surface area contributed by atoms with Crippen molar-refractivity contribution in [2.75, 3.05) is 18.5 Å². The monoisotopic (exact) mass is 194 g/mol. The fourth-order valence-electron chi connectivity index (χ4n) is 1.09. The number of aromatic hydroxyl groups is 1. The van der Waals surface area contributed by atoms with Crippen LogP contribution in [0.1, 0.15) is 6.92 Å². The van der Waals surface area contributed by atoms with Crippen molar-refractivity contribution in [3.05, 3.63) is 24.3 Å². The second kappa shape index (κ2) is 4.50. The molecule has 0 aromatic heterocycles. The molecule has 1 rings (SSSR count). The molecule has 0 unspecified atom stereocenters. The van der Waals surface area contributed by atoms with Crippen LogP contribution in [0.2, 0.25) is 0 Å². The molecular formula is C10H14N2O2. The van der Waals surface area contributed by atoms with E-state index in [0.29, 0.717) is 12.2 Å². The van der Waals surface area contributed by atoms with E-state index in [1.165, 1.54) is 11.0 Å². The summed E-state index contributed by atoms with van der Waals surface area (Å²) in [5.74, 6) is 0.152. The van der Waals surface area contributed by atoms with Crippen LogP contribution in [-0.4, -0.2) is 24.7 Å². The number of hydrogen-bond acceptors (Lipinski definition) is 2. The highest BCUT2D eigenvalue weighted by Gasteiger charge is 2.08. The first kappa shape index (κ1) is 10.4. The van der Waals surface area contributed by atoms with Crippen LogP contribution in [0.15, 0.2) is 24.3 Å². The molecule has 0 saturated heterocycles. The first-order chi connectivity index (χ1) is 6.65. The Labute approximate surface area is 83.2 Å². The van der Waals surface area contributed by atoms with Gasteiger partial charge in [-0.3, -0.25) is 4.90 Å². The summed E-state index contributed by atoms with van der Waals surface area (Å²) in [6.07, 6.45) is 0. The number of benzene rings is 1. The summed E-state index contributed by atoms with van der Waals surface area (Å²) in [6, 6.07) is 6.37. The van der Waals surface area contributed by atoms with E-state index in [1.807, 2.05) is 6.92 Å². The smallest absolute Gasteiger partial charge is 0.321 e. The molecule has 4 nitrogen and oxygen atoms in total. The number of nitrogens with zero attached hydrogens (tertiary/aromatic N) is 1. The highest BCUT2D eigenvalue weighted by molar-refractivity contribution is 5.91. The van der Waals surface area contributed by atoms with Gasteiger partial charge in [0.2, 0.25) is 0 Å². The van der Waals surface area contributed by atoms with Gasteiger partial charge in [0.15, 0.2) is 0 Å². The summed E-state index contributed by atoms with van der Waals surface area (Å²) >= 11 is 0. The highest BCUT2D eigenvalue weighted by Crippen LogP contribution is 2.18. The number of phenols is 1. The van der Waals surface area contributed by atoms with E-state index in [-0.39, 0.29) is 11.8 Å². The Morgan fingerprint density at radius 3 is 2.86 bits per heavy atom. The van der Waals surface area contributed by atoms with Gasteiger partial charge < -0.3 is 10.4 Å². The van der Waals surface area contributed by atoms with Crippen molar-refractivity contribution in [3.8, 4) is 5.75 Å². The maximum atomic E-state index is 11.4. The van der Waals surface area contributed by atoms with E-state index in [0.717, 1.165) is 0 Å². The Bertz CT molecular complexity index is 326. The lowest BCUT2D eigenvalue weighted by Gasteiger charge is -2.17. The van der Waals surface area contributed by atoms with Crippen molar-refractivity contribution in [1.82, 2.24) is 5.32 Å². The minimum atomic E-state index is -0.182. The van der Waals surface area contributed by atoms with Gasteiger partial charge in [0.1, 0.15) is 5.75 Å². The van der Waals surface area contributed by atoms with Crippen molar-refractivity contribution < 1.29 is 9.90 Å². The third-order valence-corrected chi connectivity index (χ3v) is 1.85. The van der Waals surface area contributed by atoms with Crippen LogP contribution < -0.4 is 10.2 Å². The molecule has 2 N–H and O–H groups in total. The van der Waals surface area contributed by atoms with E-state index in [2.05, 4.69) is 5.32 Å². The lowest BCUT2D eigenvalue weighted by atomic mass is 10.3. The highest BCUT2D eigenvalue weighted by atomic mass is 16.3. The minimum Gasteiger partial charge on any atom is -0.508 e. The molecule has 1 aromatic carbocycles. The van der Waals surface area contributed by atoms with E-state index < -0.39 is 0 Å². The summed E-state index contributed by atoms with van der Waals surface area (Å²) in [6.45, 7) is 2.44. The van der Waals surface area contributed by atoms with Crippen molar-refractivity contribution >= 4 is 11.7 Å². The normalized spacial score (nSPS) is 9.57. The number of carbonyl (C=O) groups excluding carboxylic acids is 1. The molecule has 0 fully saturated rings. The average Bonchev–Trinajstić information content (AvgIpc) is 2.17. The zero-order valence-corrected chi connectivity index (χ0v) is 8.32. The molecule has 0 aliphatic rings. The first-order valence-electron chi connectivity index (χ1n) is 4.45. The quantitative estimate of drug-likeness (QED) is 0.750. The van der Waals surface area contributed by atoms with Crippen LogP contribution in [0.4, 0.5) is 10.5 Å². The van der Waals surface area contributed by atoms with Gasteiger partial charge in [0, 0.05) is 25.3 Å². The van der Waals surface area contributed by atoms with Crippen LogP contribution in [-0.2, 0) is 0 Å². The third kappa shape index (κ3) is 2.39. The summed E-state index contributed by atoms with van der Waals surface area (Å²) < 4.78 is 0. The third-order valence-electron chi connectivity index (χ3n) is 1.85. The molecule has 76 valence electrons. The number of anilines is 1. The van der Waals surface area contributed by atoms with Gasteiger partial charge in [-0.25, -0.2) is 4.79 Å². The number of amides is 2. The van der Waals surface area contributed by atoms with E-state index >= 15 is 0 Å². The van der Waals surface area contributed by atoms with E-state index in [9.17, 15) is 9.90 Å². The summed E-state index contributed by atoms with van der Waals surface area (Å²) in [5, 5.41) is 11.9. The number of nitrogens with one attached hydrogen (secondary N) is 1. The van der Waals surface area contributed by atoms with Gasteiger partial charge in [0.05, 0.1) is 0 Å². The number of urea groups is 1. The SMILES string of the molecule is CCNC(=O)N(C)c1cccc(O)c1. The molecule has 0 spiro atoms. The van der Waals surface area contributed by atoms with Gasteiger partial charge in [-0.15, -0.1) is 0 Å². The lowest BCUT2D eigenvalue weighted by Crippen LogP contribution is -2.36. The average molecular weight is 194 g/mol. The van der Waals surface area contributed by atoms with Crippen molar-refractivity contribution in [2.45, 2.75) is 6.92 Å². The number of rotatable bonds is 2. The van der Waals surface area contributed by atoms with Crippen molar-refractivity contribution in [3.63, 3.8) is 0 Å². The topological polar surface area (TPSA) is 52.6 Å². The molecule has 2 amide bonds. The fourth-order valence-corrected chi connectivity index (χ4v) is 1.09. The molecule has 4 heteroatoms. The van der Waals surface area contributed by atoms with E-state index in [1.54, 1.807) is 25.2 Å². The van der Waals surface area contributed by atoms with Crippen LogP contribution in [0, 0.1) is 0 Å². The Hall–Kier alpha value is -1.71. The zero-order chi connectivity index (χ0) is 10.6. The summed E-state index contributed by atoms with van der Waals surface area (Å²) in [4.78, 5) is 12.8. The largest absolute Gasteiger partial charge is 0.508 e. The Morgan fingerprint density at radius 1 is 1.57 bits per heavy atom.